The summed E-state index contributed by atoms with van der Waals surface area (Å²) in [4.78, 5) is 13.5. The molecule has 0 bridgehead atoms. The number of benzene rings is 2. The first kappa shape index (κ1) is 10.8. The second-order valence-electron chi connectivity index (χ2n) is 3.79. The Kier molecular flexibility index (Phi) is 2.65. The van der Waals surface area contributed by atoms with E-state index >= 15 is 0 Å². The molecule has 0 unspecified atom stereocenters. The summed E-state index contributed by atoms with van der Waals surface area (Å²) in [6, 6.07) is 13.8. The van der Waals surface area contributed by atoms with E-state index < -0.39 is 0 Å². The molecule has 0 saturated carbocycles. The topological polar surface area (TPSA) is 17.1 Å². The average Bonchev–Trinajstić information content (AvgIpc) is 2.38. The van der Waals surface area contributed by atoms with Gasteiger partial charge >= 0.3 is 0 Å². The van der Waals surface area contributed by atoms with Crippen LogP contribution in [0.4, 0.5) is 0 Å². The van der Waals surface area contributed by atoms with Gasteiger partial charge in [0.15, 0.2) is 5.43 Å². The predicted molar refractivity (Wildman–Crippen MR) is 77.4 cm³/mol. The van der Waals surface area contributed by atoms with E-state index in [0.29, 0.717) is 0 Å². The lowest BCUT2D eigenvalue weighted by Gasteiger charge is -2.02. The first-order chi connectivity index (χ1) is 8.29. The lowest BCUT2D eigenvalue weighted by atomic mass is 10.2. The smallest absolute Gasteiger partial charge is 0.195 e. The minimum Gasteiger partial charge on any atom is -0.289 e. The molecule has 17 heavy (non-hydrogen) atoms. The third kappa shape index (κ3) is 1.75. The maximum atomic E-state index is 12.3. The van der Waals surface area contributed by atoms with Crippen molar-refractivity contribution in [2.75, 3.05) is 6.26 Å². The average molecular weight is 258 g/mol. The van der Waals surface area contributed by atoms with Crippen molar-refractivity contribution in [3.05, 3.63) is 52.7 Å². The van der Waals surface area contributed by atoms with Crippen molar-refractivity contribution >= 4 is 43.3 Å². The summed E-state index contributed by atoms with van der Waals surface area (Å²) in [6.45, 7) is 0. The Bertz CT molecular complexity index is 759. The molecule has 0 radical (unpaired) electrons. The van der Waals surface area contributed by atoms with E-state index in [4.69, 9.17) is 0 Å². The van der Waals surface area contributed by atoms with Gasteiger partial charge in [-0.1, -0.05) is 12.1 Å². The van der Waals surface area contributed by atoms with Crippen molar-refractivity contribution in [2.45, 2.75) is 4.90 Å². The zero-order valence-electron chi connectivity index (χ0n) is 9.27. The Hall–Kier alpha value is -1.32. The lowest BCUT2D eigenvalue weighted by Crippen LogP contribution is -2.00. The van der Waals surface area contributed by atoms with Crippen molar-refractivity contribution in [2.24, 2.45) is 0 Å². The van der Waals surface area contributed by atoms with Crippen LogP contribution in [0.2, 0.25) is 0 Å². The van der Waals surface area contributed by atoms with Gasteiger partial charge in [0, 0.05) is 25.1 Å². The largest absolute Gasteiger partial charge is 0.289 e. The maximum Gasteiger partial charge on any atom is 0.195 e. The van der Waals surface area contributed by atoms with Crippen LogP contribution < -0.4 is 5.43 Å². The van der Waals surface area contributed by atoms with Gasteiger partial charge in [-0.05, 0) is 36.6 Å². The number of fused-ring (bicyclic) bond motifs is 2. The van der Waals surface area contributed by atoms with Crippen molar-refractivity contribution in [1.29, 1.82) is 0 Å². The SMILES string of the molecule is CSc1ccc2c(=O)c3ccccc3sc2c1. The summed E-state index contributed by atoms with van der Waals surface area (Å²) in [6.07, 6.45) is 2.05. The van der Waals surface area contributed by atoms with E-state index in [2.05, 4.69) is 6.07 Å². The van der Waals surface area contributed by atoms with Gasteiger partial charge in [0.05, 0.1) is 0 Å². The molecule has 1 heterocycles. The number of rotatable bonds is 1. The first-order valence-electron chi connectivity index (χ1n) is 5.29. The molecule has 2 aromatic carbocycles. The fraction of sp³-hybridized carbons (Fsp3) is 0.0714. The minimum absolute atomic E-state index is 0.141. The van der Waals surface area contributed by atoms with Gasteiger partial charge in [-0.2, -0.15) is 0 Å². The normalized spacial score (nSPS) is 11.1. The minimum atomic E-state index is 0.141. The van der Waals surface area contributed by atoms with Gasteiger partial charge in [-0.15, -0.1) is 23.1 Å². The van der Waals surface area contributed by atoms with Crippen LogP contribution in [0.3, 0.4) is 0 Å². The fourth-order valence-electron chi connectivity index (χ4n) is 1.91. The summed E-state index contributed by atoms with van der Waals surface area (Å²) in [5.74, 6) is 0. The van der Waals surface area contributed by atoms with Gasteiger partial charge in [0.2, 0.25) is 0 Å². The summed E-state index contributed by atoms with van der Waals surface area (Å²) in [7, 11) is 0. The molecule has 0 saturated heterocycles. The highest BCUT2D eigenvalue weighted by molar-refractivity contribution is 7.98. The van der Waals surface area contributed by atoms with Crippen LogP contribution in [0.15, 0.2) is 52.2 Å². The van der Waals surface area contributed by atoms with Crippen molar-refractivity contribution in [1.82, 2.24) is 0 Å². The Morgan fingerprint density at radius 3 is 2.59 bits per heavy atom. The number of thioether (sulfide) groups is 1. The highest BCUT2D eigenvalue weighted by Crippen LogP contribution is 2.27. The van der Waals surface area contributed by atoms with Crippen LogP contribution in [0, 0.1) is 0 Å². The molecule has 3 rings (SSSR count). The molecule has 0 aliphatic rings. The molecule has 84 valence electrons. The van der Waals surface area contributed by atoms with E-state index in [1.807, 2.05) is 42.7 Å². The Labute approximate surface area is 107 Å². The van der Waals surface area contributed by atoms with Gasteiger partial charge in [0.25, 0.3) is 0 Å². The summed E-state index contributed by atoms with van der Waals surface area (Å²) in [5, 5.41) is 1.65. The Morgan fingerprint density at radius 2 is 1.76 bits per heavy atom. The van der Waals surface area contributed by atoms with Crippen molar-refractivity contribution < 1.29 is 0 Å². The summed E-state index contributed by atoms with van der Waals surface area (Å²) in [5.41, 5.74) is 0.141. The van der Waals surface area contributed by atoms with Gasteiger partial charge in [-0.3, -0.25) is 4.79 Å². The molecule has 0 N–H and O–H groups in total. The zero-order valence-corrected chi connectivity index (χ0v) is 10.9. The van der Waals surface area contributed by atoms with E-state index in [-0.39, 0.29) is 5.43 Å². The van der Waals surface area contributed by atoms with Crippen LogP contribution >= 0.6 is 23.1 Å². The molecule has 0 aliphatic carbocycles. The quantitative estimate of drug-likeness (QED) is 0.482. The maximum absolute atomic E-state index is 12.3. The number of hydrogen-bond donors (Lipinski definition) is 0. The van der Waals surface area contributed by atoms with Gasteiger partial charge in [-0.25, -0.2) is 0 Å². The lowest BCUT2D eigenvalue weighted by molar-refractivity contribution is 1.52. The molecule has 0 atom stereocenters. The number of hydrogen-bond acceptors (Lipinski definition) is 3. The van der Waals surface area contributed by atoms with Gasteiger partial charge < -0.3 is 0 Å². The van der Waals surface area contributed by atoms with Gasteiger partial charge in [0.1, 0.15) is 0 Å². The highest BCUT2D eigenvalue weighted by Gasteiger charge is 2.05. The summed E-state index contributed by atoms with van der Waals surface area (Å²) < 4.78 is 2.13. The van der Waals surface area contributed by atoms with Crippen LogP contribution in [0.1, 0.15) is 0 Å². The van der Waals surface area contributed by atoms with E-state index in [1.165, 1.54) is 4.90 Å². The first-order valence-corrected chi connectivity index (χ1v) is 7.33. The molecule has 0 amide bonds. The highest BCUT2D eigenvalue weighted by atomic mass is 32.2. The van der Waals surface area contributed by atoms with E-state index in [1.54, 1.807) is 23.1 Å². The third-order valence-corrected chi connectivity index (χ3v) is 4.64. The summed E-state index contributed by atoms with van der Waals surface area (Å²) >= 11 is 3.38. The zero-order chi connectivity index (χ0) is 11.8. The van der Waals surface area contributed by atoms with E-state index in [9.17, 15) is 4.79 Å². The second-order valence-corrected chi connectivity index (χ2v) is 5.75. The molecule has 1 nitrogen and oxygen atoms in total. The molecule has 0 spiro atoms. The fourth-order valence-corrected chi connectivity index (χ4v) is 3.53. The molecular weight excluding hydrogens is 248 g/mol. The van der Waals surface area contributed by atoms with Crippen LogP contribution in [-0.4, -0.2) is 6.26 Å². The molecule has 3 aromatic rings. The predicted octanol–water partition coefficient (Wildman–Crippen LogP) is 4.14. The molecular formula is C14H10OS2. The third-order valence-electron chi connectivity index (χ3n) is 2.79. The molecule has 0 fully saturated rings. The van der Waals surface area contributed by atoms with Crippen LogP contribution in [0.25, 0.3) is 20.2 Å². The van der Waals surface area contributed by atoms with Crippen molar-refractivity contribution in [3.63, 3.8) is 0 Å². The van der Waals surface area contributed by atoms with Crippen molar-refractivity contribution in [3.8, 4) is 0 Å². The van der Waals surface area contributed by atoms with Crippen LogP contribution in [0.5, 0.6) is 0 Å². The molecule has 3 heteroatoms. The Morgan fingerprint density at radius 1 is 1.00 bits per heavy atom. The monoisotopic (exact) mass is 258 g/mol. The van der Waals surface area contributed by atoms with Crippen LogP contribution in [-0.2, 0) is 0 Å². The molecule has 1 aromatic heterocycles. The standard InChI is InChI=1S/C14H10OS2/c1-16-9-6-7-11-13(8-9)17-12-5-3-2-4-10(12)14(11)15/h2-8H,1H3. The second kappa shape index (κ2) is 4.17. The Balaban J connectivity index is 2.50. The van der Waals surface area contributed by atoms with E-state index in [0.717, 1.165) is 20.2 Å². The molecule has 0 aliphatic heterocycles.